The van der Waals surface area contributed by atoms with Crippen molar-refractivity contribution in [3.63, 3.8) is 0 Å². The molecule has 0 aliphatic rings. The van der Waals surface area contributed by atoms with Crippen molar-refractivity contribution >= 4 is 33.3 Å². The molecule has 0 radical (unpaired) electrons. The smallest absolute Gasteiger partial charge is 0.408 e. The van der Waals surface area contributed by atoms with Crippen molar-refractivity contribution < 1.29 is 9.21 Å². The molecule has 2 aromatic rings. The van der Waals surface area contributed by atoms with Gasteiger partial charge in [0, 0.05) is 16.5 Å². The van der Waals surface area contributed by atoms with E-state index in [0.717, 1.165) is 10.8 Å². The number of oxazole rings is 1. The van der Waals surface area contributed by atoms with Crippen LogP contribution < -0.4 is 5.76 Å². The summed E-state index contributed by atoms with van der Waals surface area (Å²) in [4.78, 5) is 23.9. The Balaban J connectivity index is 2.78. The molecule has 1 N–H and O–H groups in total. The normalized spacial score (nSPS) is 10.6. The number of rotatable bonds is 2. The number of aromatic amines is 1. The molecule has 0 bridgehead atoms. The van der Waals surface area contributed by atoms with Crippen LogP contribution in [0.3, 0.4) is 0 Å². The molecule has 0 aliphatic carbocycles. The van der Waals surface area contributed by atoms with E-state index in [9.17, 15) is 9.59 Å². The molecule has 1 heterocycles. The van der Waals surface area contributed by atoms with Gasteiger partial charge >= 0.3 is 5.76 Å². The fourth-order valence-corrected chi connectivity index (χ4v) is 1.84. The molecule has 0 fully saturated rings. The number of carbonyl (C=O) groups is 1. The minimum atomic E-state index is -0.509. The van der Waals surface area contributed by atoms with Crippen LogP contribution in [-0.2, 0) is 11.2 Å². The van der Waals surface area contributed by atoms with E-state index in [1.165, 1.54) is 0 Å². The zero-order valence-corrected chi connectivity index (χ0v) is 8.63. The molecule has 5 heteroatoms. The summed E-state index contributed by atoms with van der Waals surface area (Å²) in [5.74, 6) is -0.509. The Bertz CT molecular complexity index is 540. The second-order valence-corrected chi connectivity index (χ2v) is 3.74. The second-order valence-electron chi connectivity index (χ2n) is 2.83. The molecule has 0 saturated heterocycles. The van der Waals surface area contributed by atoms with Crippen molar-refractivity contribution in [1.29, 1.82) is 0 Å². The predicted octanol–water partition coefficient (Wildman–Crippen LogP) is 1.62. The maximum atomic E-state index is 10.9. The molecule has 4 nitrogen and oxygen atoms in total. The number of aromatic nitrogens is 1. The molecule has 0 spiro atoms. The first-order valence-corrected chi connectivity index (χ1v) is 4.75. The molecule has 72 valence electrons. The van der Waals surface area contributed by atoms with Crippen molar-refractivity contribution in [2.75, 3.05) is 0 Å². The lowest BCUT2D eigenvalue weighted by Crippen LogP contribution is -1.92. The Morgan fingerprint density at radius 2 is 2.29 bits per heavy atom. The largest absolute Gasteiger partial charge is 0.417 e. The van der Waals surface area contributed by atoms with Crippen LogP contribution in [0.5, 0.6) is 0 Å². The van der Waals surface area contributed by atoms with Crippen molar-refractivity contribution in [3.05, 3.63) is 32.7 Å². The molecule has 1 aromatic heterocycles. The van der Waals surface area contributed by atoms with Crippen LogP contribution in [0.4, 0.5) is 0 Å². The Kier molecular flexibility index (Phi) is 2.25. The van der Waals surface area contributed by atoms with E-state index in [1.54, 1.807) is 12.1 Å². The van der Waals surface area contributed by atoms with Gasteiger partial charge in [-0.3, -0.25) is 4.98 Å². The number of H-pyrrole nitrogens is 1. The van der Waals surface area contributed by atoms with Gasteiger partial charge in [-0.05, 0) is 12.1 Å². The monoisotopic (exact) mass is 255 g/mol. The molecule has 0 unspecified atom stereocenters. The first-order valence-electron chi connectivity index (χ1n) is 3.95. The topological polar surface area (TPSA) is 63.1 Å². The van der Waals surface area contributed by atoms with Gasteiger partial charge in [0.2, 0.25) is 0 Å². The number of halogens is 1. The van der Waals surface area contributed by atoms with E-state index in [-0.39, 0.29) is 6.42 Å². The first kappa shape index (κ1) is 9.21. The summed E-state index contributed by atoms with van der Waals surface area (Å²) in [6.45, 7) is 0. The van der Waals surface area contributed by atoms with Crippen LogP contribution in [-0.4, -0.2) is 11.3 Å². The number of nitrogens with one attached hydrogen (secondary N) is 1. The van der Waals surface area contributed by atoms with Crippen LogP contribution in [0.15, 0.2) is 25.8 Å². The summed E-state index contributed by atoms with van der Waals surface area (Å²) < 4.78 is 5.72. The molecular weight excluding hydrogens is 250 g/mol. The third kappa shape index (κ3) is 1.50. The quantitative estimate of drug-likeness (QED) is 0.830. The van der Waals surface area contributed by atoms with E-state index >= 15 is 0 Å². The third-order valence-electron chi connectivity index (χ3n) is 1.87. The van der Waals surface area contributed by atoms with Gasteiger partial charge in [0.15, 0.2) is 5.58 Å². The zero-order valence-electron chi connectivity index (χ0n) is 7.04. The minimum absolute atomic E-state index is 0.233. The summed E-state index contributed by atoms with van der Waals surface area (Å²) in [5.41, 5.74) is 1.74. The van der Waals surface area contributed by atoms with Crippen LogP contribution in [0.2, 0.25) is 0 Å². The summed E-state index contributed by atoms with van der Waals surface area (Å²) in [6.07, 6.45) is 1.00. The van der Waals surface area contributed by atoms with E-state index in [4.69, 9.17) is 4.42 Å². The standard InChI is InChI=1S/C9H6BrNO3/c10-6-3-5(1-2-12)8-7(4-6)11-9(13)14-8/h2-4H,1H2,(H,11,13). The number of benzene rings is 1. The fourth-order valence-electron chi connectivity index (χ4n) is 1.33. The molecule has 0 atom stereocenters. The average Bonchev–Trinajstić information content (AvgIpc) is 2.45. The maximum absolute atomic E-state index is 10.9. The van der Waals surface area contributed by atoms with E-state index in [1.807, 2.05) is 0 Å². The maximum Gasteiger partial charge on any atom is 0.417 e. The number of aldehydes is 1. The molecule has 2 rings (SSSR count). The Morgan fingerprint density at radius 1 is 1.50 bits per heavy atom. The van der Waals surface area contributed by atoms with Crippen molar-refractivity contribution in [3.8, 4) is 0 Å². The molecule has 0 aliphatic heterocycles. The molecule has 0 amide bonds. The van der Waals surface area contributed by atoms with Gasteiger partial charge in [0.25, 0.3) is 0 Å². The van der Waals surface area contributed by atoms with Gasteiger partial charge in [-0.15, -0.1) is 0 Å². The zero-order chi connectivity index (χ0) is 10.1. The summed E-state index contributed by atoms with van der Waals surface area (Å²) in [6, 6.07) is 3.49. The fraction of sp³-hybridized carbons (Fsp3) is 0.111. The molecule has 1 aromatic carbocycles. The molecule has 14 heavy (non-hydrogen) atoms. The highest BCUT2D eigenvalue weighted by molar-refractivity contribution is 9.10. The lowest BCUT2D eigenvalue weighted by atomic mass is 10.1. The Labute approximate surface area is 87.0 Å². The van der Waals surface area contributed by atoms with Crippen LogP contribution in [0.1, 0.15) is 5.56 Å². The van der Waals surface area contributed by atoms with Gasteiger partial charge in [0.05, 0.1) is 5.52 Å². The lowest BCUT2D eigenvalue weighted by molar-refractivity contribution is -0.107. The number of hydrogen-bond acceptors (Lipinski definition) is 3. The van der Waals surface area contributed by atoms with Crippen LogP contribution >= 0.6 is 15.9 Å². The highest BCUT2D eigenvalue weighted by Gasteiger charge is 2.07. The third-order valence-corrected chi connectivity index (χ3v) is 2.32. The van der Waals surface area contributed by atoms with E-state index in [0.29, 0.717) is 16.7 Å². The van der Waals surface area contributed by atoms with Gasteiger partial charge in [0.1, 0.15) is 6.29 Å². The van der Waals surface area contributed by atoms with E-state index < -0.39 is 5.76 Å². The number of fused-ring (bicyclic) bond motifs is 1. The number of hydrogen-bond donors (Lipinski definition) is 1. The summed E-state index contributed by atoms with van der Waals surface area (Å²) in [5, 5.41) is 0. The van der Waals surface area contributed by atoms with Crippen molar-refractivity contribution in [2.45, 2.75) is 6.42 Å². The Morgan fingerprint density at radius 3 is 3.00 bits per heavy atom. The SMILES string of the molecule is O=CCc1cc(Br)cc2[nH]c(=O)oc12. The van der Waals surface area contributed by atoms with Gasteiger partial charge in [-0.25, -0.2) is 4.79 Å². The average molecular weight is 256 g/mol. The van der Waals surface area contributed by atoms with Crippen LogP contribution in [0.25, 0.3) is 11.1 Å². The van der Waals surface area contributed by atoms with Gasteiger partial charge in [-0.1, -0.05) is 15.9 Å². The Hall–Kier alpha value is -1.36. The van der Waals surface area contributed by atoms with Gasteiger partial charge < -0.3 is 9.21 Å². The van der Waals surface area contributed by atoms with Crippen molar-refractivity contribution in [1.82, 2.24) is 4.98 Å². The lowest BCUT2D eigenvalue weighted by Gasteiger charge is -1.97. The second kappa shape index (κ2) is 3.42. The first-order chi connectivity index (χ1) is 6.70. The predicted molar refractivity (Wildman–Crippen MR) is 54.3 cm³/mol. The summed E-state index contributed by atoms with van der Waals surface area (Å²) in [7, 11) is 0. The molecule has 0 saturated carbocycles. The van der Waals surface area contributed by atoms with Gasteiger partial charge in [-0.2, -0.15) is 0 Å². The minimum Gasteiger partial charge on any atom is -0.408 e. The molecular formula is C9H6BrNO3. The highest BCUT2D eigenvalue weighted by Crippen LogP contribution is 2.22. The highest BCUT2D eigenvalue weighted by atomic mass is 79.9. The number of carbonyl (C=O) groups excluding carboxylic acids is 1. The van der Waals surface area contributed by atoms with E-state index in [2.05, 4.69) is 20.9 Å². The summed E-state index contributed by atoms with van der Waals surface area (Å²) >= 11 is 3.28. The van der Waals surface area contributed by atoms with Crippen molar-refractivity contribution in [2.24, 2.45) is 0 Å². The van der Waals surface area contributed by atoms with Crippen LogP contribution in [0, 0.1) is 0 Å².